The van der Waals surface area contributed by atoms with Crippen LogP contribution in [0.3, 0.4) is 0 Å². The van der Waals surface area contributed by atoms with E-state index in [0.29, 0.717) is 17.7 Å². The van der Waals surface area contributed by atoms with E-state index in [1.54, 1.807) is 6.20 Å². The highest BCUT2D eigenvalue weighted by Crippen LogP contribution is 2.10. The summed E-state index contributed by atoms with van der Waals surface area (Å²) in [6.45, 7) is 1.74. The normalized spacial score (nSPS) is 10.5. The highest BCUT2D eigenvalue weighted by Gasteiger charge is 2.06. The number of carbonyl (C=O) groups excluding carboxylic acids is 1. The first-order valence-electron chi connectivity index (χ1n) is 5.03. The van der Waals surface area contributed by atoms with Crippen molar-refractivity contribution in [1.29, 1.82) is 0 Å². The van der Waals surface area contributed by atoms with Gasteiger partial charge in [-0.15, -0.1) is 0 Å². The van der Waals surface area contributed by atoms with E-state index >= 15 is 0 Å². The maximum Gasteiger partial charge on any atom is 0.162 e. The Kier molecular flexibility index (Phi) is 2.99. The number of aromatic nitrogens is 2. The van der Waals surface area contributed by atoms with Crippen LogP contribution < -0.4 is 0 Å². The molecule has 0 radical (unpaired) electrons. The van der Waals surface area contributed by atoms with Gasteiger partial charge in [-0.25, -0.2) is 8.78 Å². The van der Waals surface area contributed by atoms with E-state index in [2.05, 4.69) is 5.10 Å². The van der Waals surface area contributed by atoms with Crippen LogP contribution in [0.1, 0.15) is 22.8 Å². The molecule has 0 amide bonds. The van der Waals surface area contributed by atoms with Crippen LogP contribution in [-0.4, -0.2) is 15.6 Å². The summed E-state index contributed by atoms with van der Waals surface area (Å²) >= 11 is 0. The minimum Gasteiger partial charge on any atom is -0.294 e. The zero-order valence-corrected chi connectivity index (χ0v) is 9.15. The van der Waals surface area contributed by atoms with Crippen molar-refractivity contribution in [3.05, 3.63) is 53.4 Å². The minimum atomic E-state index is -0.888. The Morgan fingerprint density at radius 1 is 1.35 bits per heavy atom. The second-order valence-electron chi connectivity index (χ2n) is 3.73. The third-order valence-corrected chi connectivity index (χ3v) is 2.37. The number of Topliss-reactive ketones (excluding diaryl/α,β-unsaturated/α-hetero) is 1. The van der Waals surface area contributed by atoms with Crippen molar-refractivity contribution in [3.8, 4) is 0 Å². The van der Waals surface area contributed by atoms with Crippen LogP contribution in [0, 0.1) is 11.6 Å². The lowest BCUT2D eigenvalue weighted by Gasteiger charge is -2.02. The topological polar surface area (TPSA) is 34.9 Å². The number of carbonyl (C=O) groups is 1. The highest BCUT2D eigenvalue weighted by molar-refractivity contribution is 5.93. The third kappa shape index (κ3) is 2.55. The van der Waals surface area contributed by atoms with Crippen molar-refractivity contribution in [2.24, 2.45) is 0 Å². The fourth-order valence-electron chi connectivity index (χ4n) is 1.46. The maximum atomic E-state index is 13.0. The molecule has 0 N–H and O–H groups in total. The molecular formula is C12H10F2N2O. The first-order chi connectivity index (χ1) is 8.06. The van der Waals surface area contributed by atoms with Gasteiger partial charge >= 0.3 is 0 Å². The number of hydrogen-bond acceptors (Lipinski definition) is 2. The number of benzene rings is 1. The third-order valence-electron chi connectivity index (χ3n) is 2.37. The van der Waals surface area contributed by atoms with E-state index in [0.717, 1.165) is 12.1 Å². The smallest absolute Gasteiger partial charge is 0.162 e. The van der Waals surface area contributed by atoms with Gasteiger partial charge in [-0.05, 0) is 24.6 Å². The van der Waals surface area contributed by atoms with Crippen LogP contribution in [0.25, 0.3) is 0 Å². The summed E-state index contributed by atoms with van der Waals surface area (Å²) in [5.41, 5.74) is 1.08. The predicted octanol–water partition coefficient (Wildman–Crippen LogP) is 2.41. The van der Waals surface area contributed by atoms with Crippen LogP contribution in [-0.2, 0) is 6.54 Å². The van der Waals surface area contributed by atoms with Gasteiger partial charge in [0.15, 0.2) is 17.4 Å². The molecule has 0 spiro atoms. The predicted molar refractivity (Wildman–Crippen MR) is 57.7 cm³/mol. The van der Waals surface area contributed by atoms with Crippen LogP contribution in [0.5, 0.6) is 0 Å². The summed E-state index contributed by atoms with van der Waals surface area (Å²) in [7, 11) is 0. The Balaban J connectivity index is 2.19. The number of ketones is 1. The van der Waals surface area contributed by atoms with Crippen molar-refractivity contribution in [3.63, 3.8) is 0 Å². The van der Waals surface area contributed by atoms with Gasteiger partial charge in [0.25, 0.3) is 0 Å². The Labute approximate surface area is 96.7 Å². The Morgan fingerprint density at radius 2 is 2.12 bits per heavy atom. The fraction of sp³-hybridized carbons (Fsp3) is 0.167. The van der Waals surface area contributed by atoms with E-state index in [1.807, 2.05) is 0 Å². The second kappa shape index (κ2) is 4.45. The molecule has 0 unspecified atom stereocenters. The molecule has 5 heteroatoms. The first-order valence-corrected chi connectivity index (χ1v) is 5.03. The van der Waals surface area contributed by atoms with Gasteiger partial charge < -0.3 is 0 Å². The molecule has 0 saturated heterocycles. The van der Waals surface area contributed by atoms with Crippen molar-refractivity contribution in [2.45, 2.75) is 13.5 Å². The monoisotopic (exact) mass is 236 g/mol. The fourth-order valence-corrected chi connectivity index (χ4v) is 1.46. The minimum absolute atomic E-state index is 0.0819. The summed E-state index contributed by atoms with van der Waals surface area (Å²) in [5.74, 6) is -1.85. The summed E-state index contributed by atoms with van der Waals surface area (Å²) < 4.78 is 27.2. The van der Waals surface area contributed by atoms with Gasteiger partial charge in [-0.3, -0.25) is 9.48 Å². The highest BCUT2D eigenvalue weighted by atomic mass is 19.2. The lowest BCUT2D eigenvalue weighted by Crippen LogP contribution is -2.01. The number of hydrogen-bond donors (Lipinski definition) is 0. The molecule has 0 atom stereocenters. The molecule has 0 bridgehead atoms. The molecule has 0 aliphatic carbocycles. The molecule has 88 valence electrons. The molecular weight excluding hydrogens is 226 g/mol. The lowest BCUT2D eigenvalue weighted by atomic mass is 10.2. The van der Waals surface area contributed by atoms with E-state index < -0.39 is 11.6 Å². The van der Waals surface area contributed by atoms with Gasteiger partial charge in [0.1, 0.15) is 0 Å². The number of rotatable bonds is 3. The molecule has 3 nitrogen and oxygen atoms in total. The molecule has 1 heterocycles. The van der Waals surface area contributed by atoms with Gasteiger partial charge in [0.05, 0.1) is 18.3 Å². The number of halogens is 2. The van der Waals surface area contributed by atoms with Crippen molar-refractivity contribution < 1.29 is 13.6 Å². The van der Waals surface area contributed by atoms with Crippen LogP contribution in [0.15, 0.2) is 30.6 Å². The Morgan fingerprint density at radius 3 is 2.71 bits per heavy atom. The van der Waals surface area contributed by atoms with Crippen LogP contribution in [0.2, 0.25) is 0 Å². The van der Waals surface area contributed by atoms with Gasteiger partial charge in [0, 0.05) is 6.20 Å². The quantitative estimate of drug-likeness (QED) is 0.767. The first kappa shape index (κ1) is 11.4. The molecule has 2 aromatic rings. The summed E-state index contributed by atoms with van der Waals surface area (Å²) in [6, 6.07) is 3.66. The molecule has 1 aromatic carbocycles. The van der Waals surface area contributed by atoms with Gasteiger partial charge in [-0.2, -0.15) is 5.10 Å². The van der Waals surface area contributed by atoms with Crippen LogP contribution >= 0.6 is 0 Å². The van der Waals surface area contributed by atoms with Crippen molar-refractivity contribution in [2.75, 3.05) is 0 Å². The maximum absolute atomic E-state index is 13.0. The molecule has 2 rings (SSSR count). The van der Waals surface area contributed by atoms with Crippen molar-refractivity contribution in [1.82, 2.24) is 9.78 Å². The Bertz CT molecular complexity index is 563. The zero-order valence-electron chi connectivity index (χ0n) is 9.15. The van der Waals surface area contributed by atoms with Gasteiger partial charge in [0.2, 0.25) is 0 Å². The standard InChI is InChI=1S/C12H10F2N2O/c1-8(17)10-5-15-16(7-10)6-9-2-3-11(13)12(14)4-9/h2-5,7H,6H2,1H3. The summed E-state index contributed by atoms with van der Waals surface area (Å²) in [4.78, 5) is 11.0. The zero-order chi connectivity index (χ0) is 12.4. The van der Waals surface area contributed by atoms with E-state index in [9.17, 15) is 13.6 Å². The SMILES string of the molecule is CC(=O)c1cnn(Cc2ccc(F)c(F)c2)c1. The van der Waals surface area contributed by atoms with E-state index in [4.69, 9.17) is 0 Å². The van der Waals surface area contributed by atoms with Crippen LogP contribution in [0.4, 0.5) is 8.78 Å². The Hall–Kier alpha value is -2.04. The molecule has 0 aliphatic rings. The molecule has 0 fully saturated rings. The molecule has 0 aliphatic heterocycles. The summed E-state index contributed by atoms with van der Waals surface area (Å²) in [6.07, 6.45) is 3.02. The number of nitrogens with zero attached hydrogens (tertiary/aromatic N) is 2. The van der Waals surface area contributed by atoms with Gasteiger partial charge in [-0.1, -0.05) is 6.07 Å². The molecule has 1 aromatic heterocycles. The summed E-state index contributed by atoms with van der Waals surface area (Å²) in [5, 5.41) is 3.96. The molecule has 17 heavy (non-hydrogen) atoms. The average molecular weight is 236 g/mol. The lowest BCUT2D eigenvalue weighted by molar-refractivity contribution is 0.101. The molecule has 0 saturated carbocycles. The van der Waals surface area contributed by atoms with E-state index in [-0.39, 0.29) is 5.78 Å². The average Bonchev–Trinajstić information content (AvgIpc) is 2.72. The second-order valence-corrected chi connectivity index (χ2v) is 3.73. The van der Waals surface area contributed by atoms with Crippen molar-refractivity contribution >= 4 is 5.78 Å². The largest absolute Gasteiger partial charge is 0.294 e. The van der Waals surface area contributed by atoms with E-state index in [1.165, 1.54) is 23.9 Å².